The summed E-state index contributed by atoms with van der Waals surface area (Å²) in [4.78, 5) is 25.4. The average molecular weight is 362 g/mol. The molecule has 5 heteroatoms. The van der Waals surface area contributed by atoms with Crippen molar-refractivity contribution in [1.82, 2.24) is 9.88 Å². The molecule has 1 amide bonds. The van der Waals surface area contributed by atoms with Crippen molar-refractivity contribution in [1.29, 1.82) is 0 Å². The summed E-state index contributed by atoms with van der Waals surface area (Å²) in [5, 5.41) is 3.51. The summed E-state index contributed by atoms with van der Waals surface area (Å²) >= 11 is 0. The number of benzene rings is 2. The van der Waals surface area contributed by atoms with Crippen molar-refractivity contribution in [3.05, 3.63) is 76.1 Å². The van der Waals surface area contributed by atoms with E-state index in [0.717, 1.165) is 29.7 Å². The first-order valence-corrected chi connectivity index (χ1v) is 9.21. The predicted octanol–water partition coefficient (Wildman–Crippen LogP) is 2.91. The van der Waals surface area contributed by atoms with Crippen LogP contribution in [0, 0.1) is 5.92 Å². The Hall–Kier alpha value is -3.08. The molecule has 5 nitrogen and oxygen atoms in total. The van der Waals surface area contributed by atoms with E-state index in [2.05, 4.69) is 11.4 Å². The minimum atomic E-state index is -0.320. The molecule has 1 atom stereocenters. The number of hydrogen-bond acceptors (Lipinski definition) is 3. The first-order chi connectivity index (χ1) is 13.1. The van der Waals surface area contributed by atoms with E-state index in [-0.39, 0.29) is 22.8 Å². The average Bonchev–Trinajstić information content (AvgIpc) is 2.91. The van der Waals surface area contributed by atoms with Crippen LogP contribution in [0.15, 0.2) is 59.5 Å². The van der Waals surface area contributed by atoms with Gasteiger partial charge in [0.2, 0.25) is 5.43 Å². The highest BCUT2D eigenvalue weighted by molar-refractivity contribution is 5.97. The molecule has 0 saturated carbocycles. The highest BCUT2D eigenvalue weighted by atomic mass is 16.5. The maximum absolute atomic E-state index is 12.7. The first-order valence-electron chi connectivity index (χ1n) is 9.21. The van der Waals surface area contributed by atoms with Gasteiger partial charge in [-0.05, 0) is 42.5 Å². The molecule has 0 bridgehead atoms. The number of carbonyl (C=O) groups excluding carboxylic acids is 1. The maximum atomic E-state index is 12.7. The molecule has 0 saturated heterocycles. The van der Waals surface area contributed by atoms with E-state index in [9.17, 15) is 9.59 Å². The van der Waals surface area contributed by atoms with E-state index in [4.69, 9.17) is 4.74 Å². The van der Waals surface area contributed by atoms with Crippen LogP contribution in [0.3, 0.4) is 0 Å². The molecule has 1 N–H and O–H groups in total. The summed E-state index contributed by atoms with van der Waals surface area (Å²) in [7, 11) is 1.85. The standard InChI is InChI=1S/C22H22N2O3/c1-24-14-18(21(25)17-7-3-4-8-19(17)24)22(26)23-13-15-10-11-27-20-9-5-2-6-16(20)12-15/h2-9,14-15H,10-13H2,1H3,(H,23,26)/t15-/m1/s1. The number of aryl methyl sites for hydroxylation is 1. The molecule has 0 unspecified atom stereocenters. The van der Waals surface area contributed by atoms with Crippen molar-refractivity contribution in [3.8, 4) is 5.75 Å². The molecular formula is C22H22N2O3. The second-order valence-corrected chi connectivity index (χ2v) is 7.02. The highest BCUT2D eigenvalue weighted by Gasteiger charge is 2.20. The van der Waals surface area contributed by atoms with Crippen LogP contribution in [0.4, 0.5) is 0 Å². The Bertz CT molecular complexity index is 1050. The highest BCUT2D eigenvalue weighted by Crippen LogP contribution is 2.26. The molecule has 0 spiro atoms. The molecule has 4 rings (SSSR count). The Balaban J connectivity index is 1.51. The van der Waals surface area contributed by atoms with E-state index in [0.29, 0.717) is 18.5 Å². The fourth-order valence-electron chi connectivity index (χ4n) is 3.67. The Labute approximate surface area is 157 Å². The monoisotopic (exact) mass is 362 g/mol. The Morgan fingerprint density at radius 3 is 2.85 bits per heavy atom. The van der Waals surface area contributed by atoms with Gasteiger partial charge < -0.3 is 14.6 Å². The van der Waals surface area contributed by atoms with E-state index in [1.165, 1.54) is 0 Å². The second kappa shape index (κ2) is 7.27. The van der Waals surface area contributed by atoms with Crippen LogP contribution in [0.5, 0.6) is 5.75 Å². The van der Waals surface area contributed by atoms with Crippen LogP contribution in [0.2, 0.25) is 0 Å². The second-order valence-electron chi connectivity index (χ2n) is 7.02. The number of hydrogen-bond donors (Lipinski definition) is 1. The number of fused-ring (bicyclic) bond motifs is 2. The minimum absolute atomic E-state index is 0.182. The van der Waals surface area contributed by atoms with Crippen LogP contribution < -0.4 is 15.5 Å². The molecule has 0 fully saturated rings. The minimum Gasteiger partial charge on any atom is -0.493 e. The van der Waals surface area contributed by atoms with Crippen molar-refractivity contribution >= 4 is 16.8 Å². The molecule has 2 heterocycles. The fourth-order valence-corrected chi connectivity index (χ4v) is 3.67. The van der Waals surface area contributed by atoms with E-state index < -0.39 is 0 Å². The molecule has 1 aromatic heterocycles. The van der Waals surface area contributed by atoms with Gasteiger partial charge in [0.05, 0.1) is 12.1 Å². The smallest absolute Gasteiger partial charge is 0.256 e. The molecule has 2 aromatic carbocycles. The van der Waals surface area contributed by atoms with Crippen LogP contribution >= 0.6 is 0 Å². The van der Waals surface area contributed by atoms with Gasteiger partial charge in [0.1, 0.15) is 11.3 Å². The van der Waals surface area contributed by atoms with Crippen LogP contribution in [0.1, 0.15) is 22.3 Å². The number of para-hydroxylation sites is 2. The molecule has 138 valence electrons. The van der Waals surface area contributed by atoms with Gasteiger partial charge in [-0.25, -0.2) is 0 Å². The molecular weight excluding hydrogens is 340 g/mol. The summed E-state index contributed by atoms with van der Waals surface area (Å²) in [6.45, 7) is 1.15. The Morgan fingerprint density at radius 1 is 1.19 bits per heavy atom. The van der Waals surface area contributed by atoms with Crippen molar-refractivity contribution < 1.29 is 9.53 Å². The molecule has 0 aliphatic carbocycles. The van der Waals surface area contributed by atoms with Crippen molar-refractivity contribution in [3.63, 3.8) is 0 Å². The molecule has 3 aromatic rings. The van der Waals surface area contributed by atoms with E-state index >= 15 is 0 Å². The van der Waals surface area contributed by atoms with Crippen molar-refractivity contribution in [2.24, 2.45) is 13.0 Å². The van der Waals surface area contributed by atoms with E-state index in [1.807, 2.05) is 48.0 Å². The van der Waals surface area contributed by atoms with Crippen LogP contribution in [-0.4, -0.2) is 23.6 Å². The first kappa shape index (κ1) is 17.3. The lowest BCUT2D eigenvalue weighted by molar-refractivity contribution is 0.0944. The number of aromatic nitrogens is 1. The Kier molecular flexibility index (Phi) is 4.67. The summed E-state index contributed by atoms with van der Waals surface area (Å²) in [5.41, 5.74) is 1.93. The quantitative estimate of drug-likeness (QED) is 0.779. The zero-order valence-electron chi connectivity index (χ0n) is 15.3. The van der Waals surface area contributed by atoms with Gasteiger partial charge in [-0.15, -0.1) is 0 Å². The zero-order valence-corrected chi connectivity index (χ0v) is 15.3. The van der Waals surface area contributed by atoms with Crippen molar-refractivity contribution in [2.45, 2.75) is 12.8 Å². The lowest BCUT2D eigenvalue weighted by Crippen LogP contribution is -2.34. The number of nitrogens with one attached hydrogen (secondary N) is 1. The van der Waals surface area contributed by atoms with E-state index in [1.54, 1.807) is 12.3 Å². The van der Waals surface area contributed by atoms with Crippen LogP contribution in [-0.2, 0) is 13.5 Å². The third-order valence-corrected chi connectivity index (χ3v) is 5.16. The zero-order chi connectivity index (χ0) is 18.8. The fraction of sp³-hybridized carbons (Fsp3) is 0.273. The summed E-state index contributed by atoms with van der Waals surface area (Å²) < 4.78 is 7.61. The largest absolute Gasteiger partial charge is 0.493 e. The normalized spacial score (nSPS) is 16.3. The number of nitrogens with zero attached hydrogens (tertiary/aromatic N) is 1. The SMILES string of the molecule is Cn1cc(C(=O)NC[C@@H]2CCOc3ccccc3C2)c(=O)c2ccccc21. The summed E-state index contributed by atoms with van der Waals surface area (Å²) in [6.07, 6.45) is 3.34. The van der Waals surface area contributed by atoms with Crippen LogP contribution in [0.25, 0.3) is 10.9 Å². The summed E-state index contributed by atoms with van der Waals surface area (Å²) in [5.74, 6) is 0.886. The van der Waals surface area contributed by atoms with Gasteiger partial charge >= 0.3 is 0 Å². The number of carbonyl (C=O) groups is 1. The molecule has 0 radical (unpaired) electrons. The van der Waals surface area contributed by atoms with Gasteiger partial charge in [-0.2, -0.15) is 0 Å². The number of pyridine rings is 1. The van der Waals surface area contributed by atoms with Gasteiger partial charge in [0, 0.05) is 25.2 Å². The third-order valence-electron chi connectivity index (χ3n) is 5.16. The Morgan fingerprint density at radius 2 is 1.96 bits per heavy atom. The van der Waals surface area contributed by atoms with Gasteiger partial charge in [-0.3, -0.25) is 9.59 Å². The molecule has 27 heavy (non-hydrogen) atoms. The molecule has 1 aliphatic rings. The molecule has 1 aliphatic heterocycles. The lowest BCUT2D eigenvalue weighted by Gasteiger charge is -2.15. The van der Waals surface area contributed by atoms with Gasteiger partial charge in [-0.1, -0.05) is 30.3 Å². The third kappa shape index (κ3) is 3.45. The number of ether oxygens (including phenoxy) is 1. The number of amides is 1. The van der Waals surface area contributed by atoms with Gasteiger partial charge in [0.25, 0.3) is 5.91 Å². The van der Waals surface area contributed by atoms with Crippen molar-refractivity contribution in [2.75, 3.05) is 13.2 Å². The number of rotatable bonds is 3. The predicted molar refractivity (Wildman–Crippen MR) is 105 cm³/mol. The maximum Gasteiger partial charge on any atom is 0.256 e. The summed E-state index contributed by atoms with van der Waals surface area (Å²) in [6, 6.07) is 15.3. The lowest BCUT2D eigenvalue weighted by atomic mass is 9.97. The topological polar surface area (TPSA) is 60.3 Å². The van der Waals surface area contributed by atoms with Gasteiger partial charge in [0.15, 0.2) is 0 Å².